The zero-order valence-electron chi connectivity index (χ0n) is 9.89. The second-order valence-electron chi connectivity index (χ2n) is 4.64. The lowest BCUT2D eigenvalue weighted by Crippen LogP contribution is -2.51. The van der Waals surface area contributed by atoms with E-state index in [-0.39, 0.29) is 11.8 Å². The number of rotatable bonds is 3. The van der Waals surface area contributed by atoms with Crippen LogP contribution in [0.3, 0.4) is 0 Å². The summed E-state index contributed by atoms with van der Waals surface area (Å²) in [5, 5.41) is -0.439. The second kappa shape index (κ2) is 5.37. The lowest BCUT2D eigenvalue weighted by Gasteiger charge is -2.32. The molecule has 0 aromatic rings. The lowest BCUT2D eigenvalue weighted by molar-refractivity contribution is 0.164. The van der Waals surface area contributed by atoms with Crippen molar-refractivity contribution in [2.45, 2.75) is 43.4 Å². The fourth-order valence-corrected chi connectivity index (χ4v) is 4.58. The molecular weight excluding hydrogens is 240 g/mol. The maximum atomic E-state index is 12.0. The fraction of sp³-hybridized carbons (Fsp3) is 0.818. The summed E-state index contributed by atoms with van der Waals surface area (Å²) in [6, 6.07) is -0.388. The Hall–Kier alpha value is -0.590. The Kier molecular flexibility index (Phi) is 4.06. The first-order chi connectivity index (χ1) is 8.15. The van der Waals surface area contributed by atoms with Crippen molar-refractivity contribution >= 4 is 9.84 Å². The Morgan fingerprint density at radius 2 is 2.24 bits per heavy atom. The van der Waals surface area contributed by atoms with Crippen molar-refractivity contribution in [2.75, 3.05) is 12.4 Å². The minimum atomic E-state index is -3.05. The Balaban J connectivity index is 2.19. The van der Waals surface area contributed by atoms with Crippen LogP contribution in [0.1, 0.15) is 32.1 Å². The van der Waals surface area contributed by atoms with Crippen molar-refractivity contribution in [2.24, 2.45) is 5.84 Å². The number of hydrazine groups is 1. The van der Waals surface area contributed by atoms with Crippen molar-refractivity contribution in [1.82, 2.24) is 5.43 Å². The molecule has 0 radical (unpaired) electrons. The fourth-order valence-electron chi connectivity index (χ4n) is 2.52. The molecular formula is C11H20N2O3S. The zero-order valence-corrected chi connectivity index (χ0v) is 10.7. The van der Waals surface area contributed by atoms with E-state index in [1.165, 1.54) is 0 Å². The molecule has 0 saturated carbocycles. The molecule has 1 fully saturated rings. The minimum absolute atomic E-state index is 0.267. The van der Waals surface area contributed by atoms with Crippen molar-refractivity contribution in [3.63, 3.8) is 0 Å². The largest absolute Gasteiger partial charge is 0.496 e. The Bertz CT molecular complexity index is 392. The van der Waals surface area contributed by atoms with Crippen LogP contribution < -0.4 is 11.3 Å². The van der Waals surface area contributed by atoms with Gasteiger partial charge in [0, 0.05) is 0 Å². The molecule has 3 N–H and O–H groups in total. The van der Waals surface area contributed by atoms with E-state index in [9.17, 15) is 8.42 Å². The van der Waals surface area contributed by atoms with Crippen LogP contribution in [0.4, 0.5) is 0 Å². The molecule has 2 unspecified atom stereocenters. The molecule has 6 heteroatoms. The van der Waals surface area contributed by atoms with Gasteiger partial charge in [0.25, 0.3) is 0 Å². The second-order valence-corrected chi connectivity index (χ2v) is 6.98. The van der Waals surface area contributed by atoms with Crippen molar-refractivity contribution < 1.29 is 13.2 Å². The highest BCUT2D eigenvalue weighted by atomic mass is 32.2. The van der Waals surface area contributed by atoms with E-state index in [2.05, 4.69) is 5.43 Å². The van der Waals surface area contributed by atoms with Crippen LogP contribution >= 0.6 is 0 Å². The van der Waals surface area contributed by atoms with Gasteiger partial charge in [0.15, 0.2) is 9.84 Å². The highest BCUT2D eigenvalue weighted by Crippen LogP contribution is 2.27. The van der Waals surface area contributed by atoms with E-state index >= 15 is 0 Å². The molecule has 0 amide bonds. The molecule has 0 bridgehead atoms. The van der Waals surface area contributed by atoms with Gasteiger partial charge in [0.1, 0.15) is 5.76 Å². The van der Waals surface area contributed by atoms with Gasteiger partial charge in [-0.15, -0.1) is 0 Å². The van der Waals surface area contributed by atoms with Crippen LogP contribution in [0, 0.1) is 0 Å². The number of hydrogen-bond acceptors (Lipinski definition) is 5. The highest BCUT2D eigenvalue weighted by Gasteiger charge is 2.37. The van der Waals surface area contributed by atoms with Crippen LogP contribution in [0.15, 0.2) is 11.8 Å². The summed E-state index contributed by atoms with van der Waals surface area (Å²) in [6.45, 7) is 0.650. The van der Waals surface area contributed by atoms with E-state index in [4.69, 9.17) is 10.6 Å². The normalized spacial score (nSPS) is 30.2. The van der Waals surface area contributed by atoms with Gasteiger partial charge in [0.2, 0.25) is 0 Å². The maximum absolute atomic E-state index is 12.0. The molecule has 0 aliphatic carbocycles. The quantitative estimate of drug-likeness (QED) is 0.570. The van der Waals surface area contributed by atoms with E-state index < -0.39 is 15.1 Å². The molecule has 2 aliphatic rings. The zero-order chi connectivity index (χ0) is 12.3. The van der Waals surface area contributed by atoms with E-state index in [0.717, 1.165) is 25.7 Å². The summed E-state index contributed by atoms with van der Waals surface area (Å²) in [4.78, 5) is 0. The summed E-state index contributed by atoms with van der Waals surface area (Å²) in [5.41, 5.74) is 2.62. The predicted octanol–water partition coefficient (Wildman–Crippen LogP) is 0.480. The van der Waals surface area contributed by atoms with Gasteiger partial charge in [-0.1, -0.05) is 6.42 Å². The monoisotopic (exact) mass is 260 g/mol. The van der Waals surface area contributed by atoms with Gasteiger partial charge in [0.05, 0.1) is 23.7 Å². The van der Waals surface area contributed by atoms with Gasteiger partial charge in [-0.3, -0.25) is 5.84 Å². The first-order valence-corrected chi connectivity index (χ1v) is 7.87. The van der Waals surface area contributed by atoms with Crippen molar-refractivity contribution in [3.8, 4) is 0 Å². The van der Waals surface area contributed by atoms with Gasteiger partial charge >= 0.3 is 0 Å². The van der Waals surface area contributed by atoms with Crippen molar-refractivity contribution in [3.05, 3.63) is 11.8 Å². The standard InChI is InChI=1S/C11H20N2O3S/c12-13-11(9-5-1-3-7-16-9)10-6-2-4-8-17(10,14)15/h5,10-11,13H,1-4,6-8,12H2. The topological polar surface area (TPSA) is 81.4 Å². The van der Waals surface area contributed by atoms with Crippen molar-refractivity contribution in [1.29, 1.82) is 0 Å². The third kappa shape index (κ3) is 2.81. The van der Waals surface area contributed by atoms with Gasteiger partial charge in [-0.05, 0) is 31.8 Å². The molecule has 17 heavy (non-hydrogen) atoms. The first kappa shape index (κ1) is 12.9. The smallest absolute Gasteiger partial charge is 0.155 e. The number of nitrogens with two attached hydrogens (primary N) is 1. The summed E-state index contributed by atoms with van der Waals surface area (Å²) >= 11 is 0. The van der Waals surface area contributed by atoms with E-state index in [0.29, 0.717) is 18.8 Å². The lowest BCUT2D eigenvalue weighted by atomic mass is 10.0. The maximum Gasteiger partial charge on any atom is 0.155 e. The minimum Gasteiger partial charge on any atom is -0.496 e. The summed E-state index contributed by atoms with van der Waals surface area (Å²) in [7, 11) is -3.05. The van der Waals surface area contributed by atoms with Crippen LogP contribution in [0.25, 0.3) is 0 Å². The Morgan fingerprint density at radius 3 is 2.82 bits per heavy atom. The highest BCUT2D eigenvalue weighted by molar-refractivity contribution is 7.92. The van der Waals surface area contributed by atoms with E-state index in [1.54, 1.807) is 0 Å². The molecule has 2 aliphatic heterocycles. The molecule has 1 saturated heterocycles. The molecule has 2 rings (SSSR count). The third-order valence-electron chi connectivity index (χ3n) is 3.45. The average molecular weight is 260 g/mol. The Labute approximate surface area is 102 Å². The average Bonchev–Trinajstić information content (AvgIpc) is 2.33. The summed E-state index contributed by atoms with van der Waals surface area (Å²) in [6.07, 6.45) is 6.24. The summed E-state index contributed by atoms with van der Waals surface area (Å²) in [5.74, 6) is 6.49. The Morgan fingerprint density at radius 1 is 1.41 bits per heavy atom. The first-order valence-electron chi connectivity index (χ1n) is 6.16. The van der Waals surface area contributed by atoms with Gasteiger partial charge in [-0.25, -0.2) is 13.8 Å². The number of ether oxygens (including phenoxy) is 1. The molecule has 0 aromatic carbocycles. The van der Waals surface area contributed by atoms with Crippen LogP contribution in [-0.4, -0.2) is 32.1 Å². The third-order valence-corrected chi connectivity index (χ3v) is 5.74. The SMILES string of the molecule is NNC(C1=CCCCO1)C1CCCCS1(=O)=O. The molecule has 0 aromatic heterocycles. The number of allylic oxidation sites excluding steroid dienone is 1. The van der Waals surface area contributed by atoms with E-state index in [1.807, 2.05) is 6.08 Å². The molecule has 0 spiro atoms. The molecule has 5 nitrogen and oxygen atoms in total. The summed E-state index contributed by atoms with van der Waals surface area (Å²) < 4.78 is 29.6. The van der Waals surface area contributed by atoms with Gasteiger partial charge < -0.3 is 4.74 Å². The van der Waals surface area contributed by atoms with Gasteiger partial charge in [-0.2, -0.15) is 0 Å². The van der Waals surface area contributed by atoms with Crippen LogP contribution in [-0.2, 0) is 14.6 Å². The molecule has 2 heterocycles. The van der Waals surface area contributed by atoms with Crippen LogP contribution in [0.2, 0.25) is 0 Å². The predicted molar refractivity (Wildman–Crippen MR) is 65.8 cm³/mol. The molecule has 2 atom stereocenters. The molecule has 98 valence electrons. The number of sulfone groups is 1. The number of hydrogen-bond donors (Lipinski definition) is 2. The number of nitrogens with one attached hydrogen (secondary N) is 1. The van der Waals surface area contributed by atoms with Crippen LogP contribution in [0.5, 0.6) is 0 Å².